The van der Waals surface area contributed by atoms with Gasteiger partial charge in [0.25, 0.3) is 0 Å². The lowest BCUT2D eigenvalue weighted by molar-refractivity contribution is 0.168. The Balaban J connectivity index is 0.00000127. The summed E-state index contributed by atoms with van der Waals surface area (Å²) in [6.45, 7) is 10.9. The molecule has 0 saturated carbocycles. The second-order valence-corrected chi connectivity index (χ2v) is 4.97. The Morgan fingerprint density at radius 2 is 2.13 bits per heavy atom. The number of hydrogen-bond donors (Lipinski definition) is 2. The van der Waals surface area contributed by atoms with E-state index in [1.165, 1.54) is 0 Å². The molecule has 128 valence electrons. The number of aromatic nitrogens is 1. The molecule has 23 heavy (non-hydrogen) atoms. The Morgan fingerprint density at radius 1 is 1.39 bits per heavy atom. The Kier molecular flexibility index (Phi) is 8.08. The number of anilines is 2. The van der Waals surface area contributed by atoms with Crippen molar-refractivity contribution < 1.29 is 9.53 Å². The van der Waals surface area contributed by atoms with Gasteiger partial charge in [0, 0.05) is 11.8 Å². The SMILES string of the molecule is CC.CCCCC1=Nc2c(cc(NC(=O)OCC)nc2C)NC1. The van der Waals surface area contributed by atoms with Crippen molar-refractivity contribution in [2.24, 2.45) is 4.99 Å². The molecule has 1 amide bonds. The maximum Gasteiger partial charge on any atom is 0.412 e. The number of aliphatic imine (C=N–C) groups is 1. The van der Waals surface area contributed by atoms with E-state index in [2.05, 4.69) is 27.5 Å². The van der Waals surface area contributed by atoms with Gasteiger partial charge in [0.05, 0.1) is 24.5 Å². The number of hydrogen-bond acceptors (Lipinski definition) is 5. The van der Waals surface area contributed by atoms with Crippen LogP contribution in [0.2, 0.25) is 0 Å². The van der Waals surface area contributed by atoms with Gasteiger partial charge in [-0.2, -0.15) is 0 Å². The van der Waals surface area contributed by atoms with Crippen molar-refractivity contribution in [2.45, 2.75) is 53.9 Å². The zero-order valence-electron chi connectivity index (χ0n) is 14.8. The van der Waals surface area contributed by atoms with Gasteiger partial charge in [0.15, 0.2) is 0 Å². The average Bonchev–Trinajstić information content (AvgIpc) is 2.55. The van der Waals surface area contributed by atoms with E-state index in [4.69, 9.17) is 4.74 Å². The Bertz CT molecular complexity index is 556. The molecule has 0 radical (unpaired) electrons. The van der Waals surface area contributed by atoms with Crippen molar-refractivity contribution in [1.82, 2.24) is 4.98 Å². The van der Waals surface area contributed by atoms with Crippen molar-refractivity contribution >= 4 is 29.0 Å². The van der Waals surface area contributed by atoms with Crippen molar-refractivity contribution in [3.8, 4) is 0 Å². The highest BCUT2D eigenvalue weighted by molar-refractivity contribution is 5.96. The van der Waals surface area contributed by atoms with E-state index in [1.54, 1.807) is 13.0 Å². The molecule has 2 rings (SSSR count). The first-order chi connectivity index (χ1) is 11.1. The summed E-state index contributed by atoms with van der Waals surface area (Å²) in [5.41, 5.74) is 3.71. The summed E-state index contributed by atoms with van der Waals surface area (Å²) in [5.74, 6) is 0.476. The summed E-state index contributed by atoms with van der Waals surface area (Å²) in [5, 5.41) is 5.96. The molecular formula is C17H28N4O2. The predicted molar refractivity (Wildman–Crippen MR) is 96.1 cm³/mol. The summed E-state index contributed by atoms with van der Waals surface area (Å²) in [7, 11) is 0. The fourth-order valence-electron chi connectivity index (χ4n) is 2.20. The van der Waals surface area contributed by atoms with E-state index < -0.39 is 6.09 Å². The first kappa shape index (κ1) is 18.9. The minimum absolute atomic E-state index is 0.332. The maximum atomic E-state index is 11.4. The number of nitrogens with zero attached hydrogens (tertiary/aromatic N) is 2. The van der Waals surface area contributed by atoms with Crippen molar-refractivity contribution in [2.75, 3.05) is 23.8 Å². The molecule has 0 unspecified atom stereocenters. The van der Waals surface area contributed by atoms with Gasteiger partial charge in [-0.15, -0.1) is 0 Å². The molecule has 0 aromatic carbocycles. The molecule has 6 heteroatoms. The molecule has 2 N–H and O–H groups in total. The number of pyridine rings is 1. The van der Waals surface area contributed by atoms with Crippen LogP contribution >= 0.6 is 0 Å². The Morgan fingerprint density at radius 3 is 2.78 bits per heavy atom. The van der Waals surface area contributed by atoms with Gasteiger partial charge in [-0.05, 0) is 26.7 Å². The molecule has 2 heterocycles. The van der Waals surface area contributed by atoms with Gasteiger partial charge in [-0.3, -0.25) is 10.3 Å². The number of unbranched alkanes of at least 4 members (excludes halogenated alkanes) is 1. The van der Waals surface area contributed by atoms with E-state index in [-0.39, 0.29) is 0 Å². The van der Waals surface area contributed by atoms with Crippen LogP contribution in [0.5, 0.6) is 0 Å². The number of carbonyl (C=O) groups is 1. The molecule has 0 saturated heterocycles. The molecule has 1 aliphatic heterocycles. The van der Waals surface area contributed by atoms with E-state index in [0.717, 1.165) is 48.6 Å². The number of rotatable bonds is 5. The number of aryl methyl sites for hydroxylation is 1. The molecule has 1 aromatic heterocycles. The van der Waals surface area contributed by atoms with Crippen LogP contribution in [-0.4, -0.2) is 29.9 Å². The van der Waals surface area contributed by atoms with Crippen molar-refractivity contribution in [1.29, 1.82) is 0 Å². The zero-order valence-corrected chi connectivity index (χ0v) is 14.8. The highest BCUT2D eigenvalue weighted by atomic mass is 16.5. The van der Waals surface area contributed by atoms with Gasteiger partial charge in [-0.1, -0.05) is 27.2 Å². The minimum atomic E-state index is -0.493. The molecular weight excluding hydrogens is 292 g/mol. The van der Waals surface area contributed by atoms with Crippen LogP contribution in [0.1, 0.15) is 52.7 Å². The van der Waals surface area contributed by atoms with Gasteiger partial charge in [0.2, 0.25) is 0 Å². The topological polar surface area (TPSA) is 75.6 Å². The van der Waals surface area contributed by atoms with Gasteiger partial charge >= 0.3 is 6.09 Å². The lowest BCUT2D eigenvalue weighted by Gasteiger charge is -2.20. The van der Waals surface area contributed by atoms with Crippen LogP contribution in [0.25, 0.3) is 0 Å². The highest BCUT2D eigenvalue weighted by Crippen LogP contribution is 2.33. The largest absolute Gasteiger partial charge is 0.450 e. The third-order valence-corrected chi connectivity index (χ3v) is 3.24. The number of nitrogens with one attached hydrogen (secondary N) is 2. The summed E-state index contributed by atoms with van der Waals surface area (Å²) >= 11 is 0. The summed E-state index contributed by atoms with van der Waals surface area (Å²) < 4.78 is 4.85. The lowest BCUT2D eigenvalue weighted by Crippen LogP contribution is -2.19. The van der Waals surface area contributed by atoms with E-state index in [0.29, 0.717) is 12.4 Å². The van der Waals surface area contributed by atoms with Crippen LogP contribution < -0.4 is 10.6 Å². The third kappa shape index (κ3) is 5.54. The Hall–Kier alpha value is -2.11. The van der Waals surface area contributed by atoms with E-state index >= 15 is 0 Å². The molecule has 0 aliphatic carbocycles. The second-order valence-electron chi connectivity index (χ2n) is 4.97. The molecule has 0 atom stereocenters. The van der Waals surface area contributed by atoms with E-state index in [9.17, 15) is 4.79 Å². The fraction of sp³-hybridized carbons (Fsp3) is 0.588. The Labute approximate surface area is 138 Å². The van der Waals surface area contributed by atoms with Gasteiger partial charge < -0.3 is 10.1 Å². The molecule has 6 nitrogen and oxygen atoms in total. The standard InChI is InChI=1S/C15H22N4O2.C2H6/c1-4-6-7-11-9-16-12-8-13(19-15(20)21-5-2)17-10(3)14(12)18-11;1-2/h8,16H,4-7,9H2,1-3H3,(H,17,19,20);1-2H3. The first-order valence-corrected chi connectivity index (χ1v) is 8.39. The van der Waals surface area contributed by atoms with Crippen LogP contribution in [0.15, 0.2) is 11.1 Å². The minimum Gasteiger partial charge on any atom is -0.450 e. The fourth-order valence-corrected chi connectivity index (χ4v) is 2.20. The highest BCUT2D eigenvalue weighted by Gasteiger charge is 2.16. The van der Waals surface area contributed by atoms with Crippen molar-refractivity contribution in [3.05, 3.63) is 11.8 Å². The quantitative estimate of drug-likeness (QED) is 0.826. The van der Waals surface area contributed by atoms with Crippen LogP contribution in [0, 0.1) is 6.92 Å². The molecule has 0 spiro atoms. The lowest BCUT2D eigenvalue weighted by atomic mass is 10.1. The number of fused-ring (bicyclic) bond motifs is 1. The van der Waals surface area contributed by atoms with Crippen LogP contribution in [0.3, 0.4) is 0 Å². The summed E-state index contributed by atoms with van der Waals surface area (Å²) in [6.07, 6.45) is 2.81. The molecule has 1 aliphatic rings. The monoisotopic (exact) mass is 320 g/mol. The van der Waals surface area contributed by atoms with Crippen LogP contribution in [0.4, 0.5) is 22.0 Å². The number of carbonyl (C=O) groups excluding carboxylic acids is 1. The smallest absolute Gasteiger partial charge is 0.412 e. The van der Waals surface area contributed by atoms with Gasteiger partial charge in [-0.25, -0.2) is 9.78 Å². The van der Waals surface area contributed by atoms with Crippen molar-refractivity contribution in [3.63, 3.8) is 0 Å². The predicted octanol–water partition coefficient (Wildman–Crippen LogP) is 4.67. The second kappa shape index (κ2) is 9.82. The maximum absolute atomic E-state index is 11.4. The molecule has 0 fully saturated rings. The third-order valence-electron chi connectivity index (χ3n) is 3.24. The zero-order chi connectivity index (χ0) is 17.2. The molecule has 0 bridgehead atoms. The number of amides is 1. The summed E-state index contributed by atoms with van der Waals surface area (Å²) in [6, 6.07) is 1.79. The van der Waals surface area contributed by atoms with Gasteiger partial charge in [0.1, 0.15) is 11.5 Å². The normalized spacial score (nSPS) is 12.1. The van der Waals surface area contributed by atoms with E-state index in [1.807, 2.05) is 20.8 Å². The van der Waals surface area contributed by atoms with Crippen LogP contribution in [-0.2, 0) is 4.74 Å². The average molecular weight is 320 g/mol. The summed E-state index contributed by atoms with van der Waals surface area (Å²) in [4.78, 5) is 20.5. The molecule has 1 aromatic rings. The number of ether oxygens (including phenoxy) is 1. The first-order valence-electron chi connectivity index (χ1n) is 8.39.